The maximum Gasteiger partial charge on any atom is 0.320 e. The molecule has 2 atom stereocenters. The molecule has 0 saturated carbocycles. The maximum absolute atomic E-state index is 12.0. The third kappa shape index (κ3) is 39.3. The van der Waals surface area contributed by atoms with E-state index in [2.05, 4.69) is 30.4 Å². The van der Waals surface area contributed by atoms with E-state index in [0.717, 1.165) is 32.1 Å². The summed E-state index contributed by atoms with van der Waals surface area (Å²) < 4.78 is 21.4. The molecule has 3 amide bonds. The van der Waals surface area contributed by atoms with E-state index in [9.17, 15) is 24.0 Å². The summed E-state index contributed by atoms with van der Waals surface area (Å²) in [5.74, 6) is -2.05. The van der Waals surface area contributed by atoms with Crippen LogP contribution in [-0.4, -0.2) is 118 Å². The number of unbranched alkanes of at least 4 members (excludes halogenated alkanes) is 16. The van der Waals surface area contributed by atoms with Crippen LogP contribution in [0.2, 0.25) is 0 Å². The summed E-state index contributed by atoms with van der Waals surface area (Å²) in [6.45, 7) is 2.82. The number of hydrogen-bond donors (Lipinski definition) is 6. The van der Waals surface area contributed by atoms with Gasteiger partial charge in [-0.15, -0.1) is 0 Å². The van der Waals surface area contributed by atoms with Gasteiger partial charge in [-0.25, -0.2) is 0 Å². The van der Waals surface area contributed by atoms with Crippen LogP contribution < -0.4 is 21.0 Å². The second kappa shape index (κ2) is 40.2. The van der Waals surface area contributed by atoms with Gasteiger partial charge in [0.25, 0.3) is 0 Å². The molecule has 0 aromatic rings. The molecule has 0 aliphatic carbocycles. The number of nitrogens with one attached hydrogen (secondary N) is 4. The first-order chi connectivity index (χ1) is 26.3. The molecule has 316 valence electrons. The second-order valence-corrected chi connectivity index (χ2v) is 13.8. The summed E-state index contributed by atoms with van der Waals surface area (Å²) in [5, 5.41) is 28.5. The van der Waals surface area contributed by atoms with Crippen molar-refractivity contribution in [3.05, 3.63) is 0 Å². The van der Waals surface area contributed by atoms with Crippen LogP contribution in [0.4, 0.5) is 0 Å². The third-order valence-corrected chi connectivity index (χ3v) is 9.04. The Labute approximate surface area is 326 Å². The van der Waals surface area contributed by atoms with E-state index in [1.54, 1.807) is 0 Å². The smallest absolute Gasteiger partial charge is 0.320 e. The molecule has 0 aromatic heterocycles. The van der Waals surface area contributed by atoms with E-state index in [1.807, 2.05) is 0 Å². The number of ether oxygens (including phenoxy) is 4. The van der Waals surface area contributed by atoms with Crippen LogP contribution in [0.15, 0.2) is 0 Å². The highest BCUT2D eigenvalue weighted by Gasteiger charge is 2.13. The first kappa shape index (κ1) is 51.6. The van der Waals surface area contributed by atoms with E-state index in [1.165, 1.54) is 70.6 Å². The van der Waals surface area contributed by atoms with Crippen LogP contribution in [0.1, 0.15) is 135 Å². The average molecular weight is 793 g/mol. The monoisotopic (exact) mass is 793 g/mol. The van der Waals surface area contributed by atoms with Crippen LogP contribution in [0, 0.1) is 0 Å². The van der Waals surface area contributed by atoms with Crippen LogP contribution in [-0.2, 0) is 42.9 Å². The van der Waals surface area contributed by atoms with Crippen molar-refractivity contribution in [2.24, 2.45) is 0 Å². The van der Waals surface area contributed by atoms with Gasteiger partial charge < -0.3 is 45.1 Å². The highest BCUT2D eigenvalue weighted by molar-refractivity contribution is 7.13. The SMILES string of the molecule is O=C(O)CCCCCCCCCCCCCCCCCCC(=O)NCCOCCOCC(=O)NCCOCCOCC(=O)NCCCC[C@H](NP)C(=O)O. The fraction of sp³-hybridized carbons (Fsp3) is 0.868. The maximum atomic E-state index is 12.0. The van der Waals surface area contributed by atoms with Gasteiger partial charge in [-0.1, -0.05) is 99.3 Å². The summed E-state index contributed by atoms with van der Waals surface area (Å²) >= 11 is 0. The minimum Gasteiger partial charge on any atom is -0.481 e. The fourth-order valence-corrected chi connectivity index (χ4v) is 5.81. The molecule has 54 heavy (non-hydrogen) atoms. The summed E-state index contributed by atoms with van der Waals surface area (Å²) in [7, 11) is 2.20. The first-order valence-corrected chi connectivity index (χ1v) is 20.9. The first-order valence-electron chi connectivity index (χ1n) is 20.3. The van der Waals surface area contributed by atoms with Gasteiger partial charge >= 0.3 is 11.9 Å². The summed E-state index contributed by atoms with van der Waals surface area (Å²) in [6.07, 6.45) is 21.7. The van der Waals surface area contributed by atoms with E-state index >= 15 is 0 Å². The van der Waals surface area contributed by atoms with Crippen molar-refractivity contribution in [2.75, 3.05) is 72.5 Å². The van der Waals surface area contributed by atoms with Gasteiger partial charge in [-0.3, -0.25) is 29.1 Å². The Hall–Kier alpha value is -2.42. The van der Waals surface area contributed by atoms with Gasteiger partial charge in [0.15, 0.2) is 0 Å². The summed E-state index contributed by atoms with van der Waals surface area (Å²) in [6, 6.07) is -0.614. The number of carboxylic acids is 2. The predicted octanol–water partition coefficient (Wildman–Crippen LogP) is 4.51. The van der Waals surface area contributed by atoms with E-state index in [0.29, 0.717) is 71.6 Å². The number of carbonyl (C=O) groups is 5. The molecule has 1 unspecified atom stereocenters. The minimum absolute atomic E-state index is 0.0475. The number of carbonyl (C=O) groups excluding carboxylic acids is 3. The Bertz CT molecular complexity index is 949. The molecule has 0 aliphatic heterocycles. The Morgan fingerprint density at radius 1 is 0.444 bits per heavy atom. The Morgan fingerprint density at radius 3 is 1.26 bits per heavy atom. The van der Waals surface area contributed by atoms with Crippen molar-refractivity contribution in [3.63, 3.8) is 0 Å². The van der Waals surface area contributed by atoms with Crippen molar-refractivity contribution in [1.82, 2.24) is 21.0 Å². The molecule has 0 rings (SSSR count). The molecular formula is C38H73N4O11P. The predicted molar refractivity (Wildman–Crippen MR) is 211 cm³/mol. The number of hydrogen-bond acceptors (Lipinski definition) is 10. The quantitative estimate of drug-likeness (QED) is 0.0373. The minimum atomic E-state index is -0.904. The normalized spacial score (nSPS) is 11.6. The Morgan fingerprint density at radius 2 is 0.833 bits per heavy atom. The number of carboxylic acid groups (broad SMARTS) is 2. The van der Waals surface area contributed by atoms with Gasteiger partial charge in [-0.2, -0.15) is 0 Å². The lowest BCUT2D eigenvalue weighted by Crippen LogP contribution is -2.32. The molecule has 0 aromatic carbocycles. The van der Waals surface area contributed by atoms with Crippen LogP contribution in [0.25, 0.3) is 0 Å². The van der Waals surface area contributed by atoms with E-state index in [-0.39, 0.29) is 50.8 Å². The molecule has 0 radical (unpaired) electrons. The molecule has 0 fully saturated rings. The topological polar surface area (TPSA) is 211 Å². The van der Waals surface area contributed by atoms with E-state index in [4.69, 9.17) is 29.2 Å². The largest absolute Gasteiger partial charge is 0.481 e. The number of rotatable bonds is 42. The molecule has 0 heterocycles. The van der Waals surface area contributed by atoms with Gasteiger partial charge in [0.2, 0.25) is 17.7 Å². The van der Waals surface area contributed by atoms with Crippen molar-refractivity contribution < 1.29 is 53.1 Å². The van der Waals surface area contributed by atoms with Crippen LogP contribution in [0.3, 0.4) is 0 Å². The second-order valence-electron chi connectivity index (χ2n) is 13.5. The fourth-order valence-electron chi connectivity index (χ4n) is 5.50. The lowest BCUT2D eigenvalue weighted by atomic mass is 10.0. The molecule has 0 saturated heterocycles. The lowest BCUT2D eigenvalue weighted by molar-refractivity contribution is -0.139. The molecule has 0 bridgehead atoms. The summed E-state index contributed by atoms with van der Waals surface area (Å²) in [4.78, 5) is 57.1. The molecule has 0 aliphatic rings. The Balaban J connectivity index is 3.34. The zero-order valence-electron chi connectivity index (χ0n) is 32.9. The number of amides is 3. The zero-order chi connectivity index (χ0) is 39.7. The molecule has 16 heteroatoms. The van der Waals surface area contributed by atoms with Crippen molar-refractivity contribution >= 4 is 39.1 Å². The molecule has 0 spiro atoms. The zero-order valence-corrected chi connectivity index (χ0v) is 34.0. The number of aliphatic carboxylic acids is 2. The third-order valence-electron chi connectivity index (χ3n) is 8.63. The summed E-state index contributed by atoms with van der Waals surface area (Å²) in [5.41, 5.74) is 0. The van der Waals surface area contributed by atoms with Gasteiger partial charge in [-0.05, 0) is 32.1 Å². The standard InChI is InChI=1S/C38H73N4O11P/c43-34(20-15-13-11-9-7-5-3-1-2-4-6-8-10-12-14-16-21-37(46)47)40-23-25-50-27-30-53-32-36(45)41-24-26-51-28-29-52-31-35(44)39-22-18-17-19-33(42-54)38(48)49/h33,42H,1-32,54H2,(H,39,44)(H,40,43)(H,41,45)(H,46,47)(H,48,49)/t33-/m0/s1. The van der Waals surface area contributed by atoms with Crippen molar-refractivity contribution in [1.29, 1.82) is 0 Å². The van der Waals surface area contributed by atoms with Crippen molar-refractivity contribution in [2.45, 2.75) is 141 Å². The van der Waals surface area contributed by atoms with Gasteiger partial charge in [0.05, 0.1) is 39.6 Å². The van der Waals surface area contributed by atoms with Gasteiger partial charge in [0, 0.05) is 32.5 Å². The van der Waals surface area contributed by atoms with Gasteiger partial charge in [0.1, 0.15) is 19.3 Å². The molecule has 6 N–H and O–H groups in total. The van der Waals surface area contributed by atoms with Crippen LogP contribution >= 0.6 is 9.39 Å². The molecular weight excluding hydrogens is 719 g/mol. The molecule has 15 nitrogen and oxygen atoms in total. The van der Waals surface area contributed by atoms with E-state index < -0.39 is 18.0 Å². The highest BCUT2D eigenvalue weighted by Crippen LogP contribution is 2.14. The van der Waals surface area contributed by atoms with Crippen molar-refractivity contribution in [3.8, 4) is 0 Å². The average Bonchev–Trinajstić information content (AvgIpc) is 3.14. The highest BCUT2D eigenvalue weighted by atomic mass is 31.0. The Kier molecular flexibility index (Phi) is 38.4. The van der Waals surface area contributed by atoms with Crippen LogP contribution in [0.5, 0.6) is 0 Å². The lowest BCUT2D eigenvalue weighted by Gasteiger charge is -2.11.